The molecular formula is C13H26N2O2. The van der Waals surface area contributed by atoms with Gasteiger partial charge in [-0.15, -0.1) is 0 Å². The zero-order valence-corrected chi connectivity index (χ0v) is 11.4. The van der Waals surface area contributed by atoms with Crippen molar-refractivity contribution >= 4 is 11.8 Å². The Morgan fingerprint density at radius 2 is 1.71 bits per heavy atom. The van der Waals surface area contributed by atoms with Gasteiger partial charge < -0.3 is 10.2 Å². The van der Waals surface area contributed by atoms with Gasteiger partial charge in [-0.2, -0.15) is 0 Å². The number of carbonyl (C=O) groups excluding carboxylic acids is 2. The van der Waals surface area contributed by atoms with Crippen LogP contribution in [-0.2, 0) is 9.59 Å². The van der Waals surface area contributed by atoms with Crippen molar-refractivity contribution in [2.24, 2.45) is 0 Å². The van der Waals surface area contributed by atoms with E-state index in [0.717, 1.165) is 12.8 Å². The van der Waals surface area contributed by atoms with E-state index < -0.39 is 0 Å². The van der Waals surface area contributed by atoms with Crippen molar-refractivity contribution in [1.29, 1.82) is 0 Å². The van der Waals surface area contributed by atoms with Gasteiger partial charge in [0.05, 0.1) is 6.54 Å². The van der Waals surface area contributed by atoms with Gasteiger partial charge in [0.15, 0.2) is 0 Å². The van der Waals surface area contributed by atoms with Gasteiger partial charge in [0, 0.05) is 20.0 Å². The first-order valence-electron chi connectivity index (χ1n) is 6.62. The standard InChI is InChI=1S/C13H26N2O2/c1-4-6-7-8-9-10-12(16)14-11-13(17)15(3)5-2/h4-11H2,1-3H3,(H,14,16). The Bertz CT molecular complexity index is 229. The fraction of sp³-hybridized carbons (Fsp3) is 0.846. The lowest BCUT2D eigenvalue weighted by atomic mass is 10.1. The molecule has 0 atom stereocenters. The second-order valence-corrected chi connectivity index (χ2v) is 4.35. The highest BCUT2D eigenvalue weighted by Crippen LogP contribution is 2.04. The number of hydrogen-bond donors (Lipinski definition) is 1. The molecule has 0 rings (SSSR count). The summed E-state index contributed by atoms with van der Waals surface area (Å²) in [5, 5.41) is 2.66. The monoisotopic (exact) mass is 242 g/mol. The number of hydrogen-bond acceptors (Lipinski definition) is 2. The maximum atomic E-state index is 11.4. The molecule has 0 aliphatic heterocycles. The molecule has 0 aliphatic carbocycles. The molecule has 0 aromatic heterocycles. The van der Waals surface area contributed by atoms with Gasteiger partial charge in [-0.3, -0.25) is 9.59 Å². The van der Waals surface area contributed by atoms with Crippen molar-refractivity contribution < 1.29 is 9.59 Å². The zero-order chi connectivity index (χ0) is 13.1. The quantitative estimate of drug-likeness (QED) is 0.628. The molecule has 0 aliphatic rings. The summed E-state index contributed by atoms with van der Waals surface area (Å²) in [5.74, 6) is -0.0498. The van der Waals surface area contributed by atoms with E-state index in [-0.39, 0.29) is 18.4 Å². The molecule has 0 unspecified atom stereocenters. The van der Waals surface area contributed by atoms with E-state index >= 15 is 0 Å². The number of nitrogens with zero attached hydrogens (tertiary/aromatic N) is 1. The largest absolute Gasteiger partial charge is 0.347 e. The molecule has 4 heteroatoms. The summed E-state index contributed by atoms with van der Waals surface area (Å²) in [6.45, 7) is 4.87. The lowest BCUT2D eigenvalue weighted by molar-refractivity contribution is -0.131. The van der Waals surface area contributed by atoms with Gasteiger partial charge in [-0.25, -0.2) is 0 Å². The van der Waals surface area contributed by atoms with Gasteiger partial charge >= 0.3 is 0 Å². The van der Waals surface area contributed by atoms with Gasteiger partial charge in [0.2, 0.25) is 11.8 Å². The molecule has 0 saturated carbocycles. The lowest BCUT2D eigenvalue weighted by Gasteiger charge is -2.14. The number of carbonyl (C=O) groups is 2. The third-order valence-corrected chi connectivity index (χ3v) is 2.84. The van der Waals surface area contributed by atoms with Crippen molar-refractivity contribution in [3.05, 3.63) is 0 Å². The Labute approximate surface area is 105 Å². The summed E-state index contributed by atoms with van der Waals surface area (Å²) >= 11 is 0. The predicted molar refractivity (Wildman–Crippen MR) is 69.7 cm³/mol. The fourth-order valence-electron chi connectivity index (χ4n) is 1.46. The molecule has 1 N–H and O–H groups in total. The van der Waals surface area contributed by atoms with E-state index in [9.17, 15) is 9.59 Å². The molecule has 0 heterocycles. The molecule has 0 fully saturated rings. The Balaban J connectivity index is 3.49. The van der Waals surface area contributed by atoms with Gasteiger partial charge in [0.1, 0.15) is 0 Å². The summed E-state index contributed by atoms with van der Waals surface area (Å²) in [7, 11) is 1.74. The van der Waals surface area contributed by atoms with Crippen molar-refractivity contribution in [2.75, 3.05) is 20.1 Å². The van der Waals surface area contributed by atoms with Crippen LogP contribution < -0.4 is 5.32 Å². The number of likely N-dealkylation sites (N-methyl/N-ethyl adjacent to an activating group) is 1. The van der Waals surface area contributed by atoms with E-state index in [2.05, 4.69) is 12.2 Å². The third-order valence-electron chi connectivity index (χ3n) is 2.84. The summed E-state index contributed by atoms with van der Waals surface area (Å²) in [4.78, 5) is 24.4. The Morgan fingerprint density at radius 3 is 2.29 bits per heavy atom. The van der Waals surface area contributed by atoms with Crippen LogP contribution in [0.15, 0.2) is 0 Å². The van der Waals surface area contributed by atoms with Crippen molar-refractivity contribution in [3.63, 3.8) is 0 Å². The second-order valence-electron chi connectivity index (χ2n) is 4.35. The summed E-state index contributed by atoms with van der Waals surface area (Å²) in [6.07, 6.45) is 6.20. The third kappa shape index (κ3) is 8.72. The van der Waals surface area contributed by atoms with Crippen molar-refractivity contribution in [3.8, 4) is 0 Å². The van der Waals surface area contributed by atoms with Gasteiger partial charge in [-0.1, -0.05) is 32.6 Å². The smallest absolute Gasteiger partial charge is 0.241 e. The molecule has 17 heavy (non-hydrogen) atoms. The van der Waals surface area contributed by atoms with E-state index in [1.54, 1.807) is 11.9 Å². The minimum atomic E-state index is -0.0353. The number of rotatable bonds is 9. The predicted octanol–water partition coefficient (Wildman–Crippen LogP) is 1.94. The first-order chi connectivity index (χ1) is 8.11. The van der Waals surface area contributed by atoms with Gasteiger partial charge in [-0.05, 0) is 13.3 Å². The SMILES string of the molecule is CCCCCCCC(=O)NCC(=O)N(C)CC. The van der Waals surface area contributed by atoms with Crippen LogP contribution in [-0.4, -0.2) is 36.9 Å². The highest BCUT2D eigenvalue weighted by molar-refractivity contribution is 5.84. The minimum Gasteiger partial charge on any atom is -0.347 e. The maximum absolute atomic E-state index is 11.4. The highest BCUT2D eigenvalue weighted by Gasteiger charge is 2.08. The molecule has 0 saturated heterocycles. The average Bonchev–Trinajstić information content (AvgIpc) is 2.34. The van der Waals surface area contributed by atoms with Crippen molar-refractivity contribution in [1.82, 2.24) is 10.2 Å². The molecule has 0 radical (unpaired) electrons. The Kier molecular flexibility index (Phi) is 9.49. The highest BCUT2D eigenvalue weighted by atomic mass is 16.2. The van der Waals surface area contributed by atoms with Crippen LogP contribution in [0.1, 0.15) is 52.4 Å². The van der Waals surface area contributed by atoms with Crippen LogP contribution in [0.2, 0.25) is 0 Å². The first kappa shape index (κ1) is 15.9. The lowest BCUT2D eigenvalue weighted by Crippen LogP contribution is -2.37. The van der Waals surface area contributed by atoms with Crippen LogP contribution in [0.4, 0.5) is 0 Å². The molecule has 0 aromatic carbocycles. The Hall–Kier alpha value is -1.06. The van der Waals surface area contributed by atoms with E-state index in [0.29, 0.717) is 13.0 Å². The molecule has 4 nitrogen and oxygen atoms in total. The summed E-state index contributed by atoms with van der Waals surface area (Å²) in [6, 6.07) is 0. The number of unbranched alkanes of at least 4 members (excludes halogenated alkanes) is 4. The van der Waals surface area contributed by atoms with Crippen LogP contribution in [0.25, 0.3) is 0 Å². The van der Waals surface area contributed by atoms with Crippen LogP contribution >= 0.6 is 0 Å². The number of nitrogens with one attached hydrogen (secondary N) is 1. The summed E-state index contributed by atoms with van der Waals surface area (Å²) < 4.78 is 0. The maximum Gasteiger partial charge on any atom is 0.241 e. The molecule has 0 spiro atoms. The van der Waals surface area contributed by atoms with Gasteiger partial charge in [0.25, 0.3) is 0 Å². The summed E-state index contributed by atoms with van der Waals surface area (Å²) in [5.41, 5.74) is 0. The Morgan fingerprint density at radius 1 is 1.06 bits per heavy atom. The van der Waals surface area contributed by atoms with Crippen LogP contribution in [0.3, 0.4) is 0 Å². The van der Waals surface area contributed by atoms with E-state index in [1.165, 1.54) is 19.3 Å². The first-order valence-corrected chi connectivity index (χ1v) is 6.62. The molecule has 2 amide bonds. The van der Waals surface area contributed by atoms with Crippen LogP contribution in [0, 0.1) is 0 Å². The van der Waals surface area contributed by atoms with E-state index in [4.69, 9.17) is 0 Å². The average molecular weight is 242 g/mol. The van der Waals surface area contributed by atoms with Crippen molar-refractivity contribution in [2.45, 2.75) is 52.4 Å². The normalized spacial score (nSPS) is 10.1. The number of amides is 2. The fourth-order valence-corrected chi connectivity index (χ4v) is 1.46. The second kappa shape index (κ2) is 10.1. The van der Waals surface area contributed by atoms with E-state index in [1.807, 2.05) is 6.92 Å². The molecule has 0 aromatic rings. The topological polar surface area (TPSA) is 49.4 Å². The zero-order valence-electron chi connectivity index (χ0n) is 11.4. The molecule has 100 valence electrons. The molecule has 0 bridgehead atoms. The minimum absolute atomic E-state index is 0.0145. The molecular weight excluding hydrogens is 216 g/mol. The van der Waals surface area contributed by atoms with Crippen LogP contribution in [0.5, 0.6) is 0 Å².